The average Bonchev–Trinajstić information content (AvgIpc) is 2.38. The first kappa shape index (κ1) is 13.1. The molecule has 1 fully saturated rings. The Hall–Kier alpha value is -0.340. The third kappa shape index (κ3) is 2.43. The Kier molecular flexibility index (Phi) is 3.39. The molecule has 2 heteroatoms. The molecule has 0 unspecified atom stereocenters. The lowest BCUT2D eigenvalue weighted by Crippen LogP contribution is -2.36. The van der Waals surface area contributed by atoms with Crippen LogP contribution >= 0.6 is 0 Å². The van der Waals surface area contributed by atoms with Crippen molar-refractivity contribution in [3.8, 4) is 0 Å². The van der Waals surface area contributed by atoms with Crippen molar-refractivity contribution in [1.29, 1.82) is 0 Å². The number of allylic oxidation sites excluding steroid dienone is 2. The molecule has 0 amide bonds. The summed E-state index contributed by atoms with van der Waals surface area (Å²) in [6.45, 7) is 13.2. The van der Waals surface area contributed by atoms with Gasteiger partial charge in [0.15, 0.2) is 6.29 Å². The minimum absolute atomic E-state index is 0.0330. The van der Waals surface area contributed by atoms with Gasteiger partial charge in [-0.3, -0.25) is 0 Å². The molecule has 98 valence electrons. The molecule has 1 aliphatic carbocycles. The van der Waals surface area contributed by atoms with E-state index >= 15 is 0 Å². The quantitative estimate of drug-likeness (QED) is 0.647. The molecule has 0 aromatic heterocycles. The summed E-state index contributed by atoms with van der Waals surface area (Å²) < 4.78 is 12.2. The smallest absolute Gasteiger partial charge is 0.162 e. The van der Waals surface area contributed by atoms with E-state index in [1.54, 1.807) is 0 Å². The monoisotopic (exact) mass is 238 g/mol. The van der Waals surface area contributed by atoms with Crippen LogP contribution < -0.4 is 0 Å². The molecular weight excluding hydrogens is 212 g/mol. The van der Waals surface area contributed by atoms with Crippen LogP contribution in [0.1, 0.15) is 48.0 Å². The van der Waals surface area contributed by atoms with Crippen LogP contribution in [-0.2, 0) is 9.47 Å². The van der Waals surface area contributed by atoms with Gasteiger partial charge in [0.25, 0.3) is 0 Å². The molecule has 0 spiro atoms. The molecule has 0 radical (unpaired) electrons. The maximum atomic E-state index is 6.13. The van der Waals surface area contributed by atoms with Gasteiger partial charge < -0.3 is 9.47 Å². The van der Waals surface area contributed by atoms with Gasteiger partial charge in [-0.2, -0.15) is 0 Å². The molecule has 2 rings (SSSR count). The van der Waals surface area contributed by atoms with Crippen molar-refractivity contribution in [2.75, 3.05) is 0 Å². The highest BCUT2D eigenvalue weighted by Gasteiger charge is 2.46. The van der Waals surface area contributed by atoms with Crippen molar-refractivity contribution < 1.29 is 9.47 Å². The maximum Gasteiger partial charge on any atom is 0.162 e. The summed E-state index contributed by atoms with van der Waals surface area (Å²) in [6, 6.07) is 0. The van der Waals surface area contributed by atoms with Gasteiger partial charge in [0, 0.05) is 5.92 Å². The normalized spacial score (nSPS) is 45.8. The Bertz CT molecular complexity index is 319. The molecule has 1 heterocycles. The van der Waals surface area contributed by atoms with Crippen molar-refractivity contribution in [3.05, 3.63) is 11.6 Å². The highest BCUT2D eigenvalue weighted by atomic mass is 16.7. The third-order valence-corrected chi connectivity index (χ3v) is 4.51. The number of hydrogen-bond acceptors (Lipinski definition) is 2. The topological polar surface area (TPSA) is 18.5 Å². The number of hydrogen-bond donors (Lipinski definition) is 0. The lowest BCUT2D eigenvalue weighted by molar-refractivity contribution is -0.138. The molecule has 2 nitrogen and oxygen atoms in total. The highest BCUT2D eigenvalue weighted by Crippen LogP contribution is 2.42. The second-order valence-corrected chi connectivity index (χ2v) is 6.50. The minimum Gasteiger partial charge on any atom is -0.346 e. The van der Waals surface area contributed by atoms with Crippen molar-refractivity contribution >= 4 is 0 Å². The van der Waals surface area contributed by atoms with Crippen LogP contribution in [0.2, 0.25) is 0 Å². The molecule has 0 bridgehead atoms. The van der Waals surface area contributed by atoms with Crippen LogP contribution in [0.25, 0.3) is 0 Å². The van der Waals surface area contributed by atoms with Gasteiger partial charge in [-0.05, 0) is 46.0 Å². The van der Waals surface area contributed by atoms with E-state index in [-0.39, 0.29) is 18.0 Å². The molecule has 0 N–H and O–H groups in total. The molecule has 0 aromatic carbocycles. The van der Waals surface area contributed by atoms with Crippen LogP contribution in [0.4, 0.5) is 0 Å². The average molecular weight is 238 g/mol. The van der Waals surface area contributed by atoms with E-state index in [9.17, 15) is 0 Å². The third-order valence-electron chi connectivity index (χ3n) is 4.51. The SMILES string of the molecule is CC1=C[C@H](C)[C@H]([C@H]2O[C@@H](C)C(C)(C)O2)[C@H](C)C1. The maximum absolute atomic E-state index is 6.13. The van der Waals surface area contributed by atoms with Crippen molar-refractivity contribution in [3.63, 3.8) is 0 Å². The Morgan fingerprint density at radius 2 is 1.88 bits per heavy atom. The summed E-state index contributed by atoms with van der Waals surface area (Å²) in [4.78, 5) is 0. The van der Waals surface area contributed by atoms with E-state index in [0.29, 0.717) is 17.8 Å². The van der Waals surface area contributed by atoms with Crippen molar-refractivity contribution in [2.45, 2.75) is 66.0 Å². The van der Waals surface area contributed by atoms with Crippen LogP contribution in [0.15, 0.2) is 11.6 Å². The zero-order chi connectivity index (χ0) is 12.8. The largest absolute Gasteiger partial charge is 0.346 e. The zero-order valence-electron chi connectivity index (χ0n) is 12.0. The lowest BCUT2D eigenvalue weighted by atomic mass is 9.74. The van der Waals surface area contributed by atoms with Gasteiger partial charge in [0.1, 0.15) is 0 Å². The first-order valence-corrected chi connectivity index (χ1v) is 6.82. The van der Waals surface area contributed by atoms with Crippen LogP contribution in [-0.4, -0.2) is 18.0 Å². The van der Waals surface area contributed by atoms with Gasteiger partial charge in [-0.25, -0.2) is 0 Å². The summed E-state index contributed by atoms with van der Waals surface area (Å²) in [6.07, 6.45) is 3.70. The molecule has 2 aliphatic rings. The standard InChI is InChI=1S/C15H26O2/c1-9-7-10(2)13(11(3)8-9)14-16-12(4)15(5,6)17-14/h7,10-14H,8H2,1-6H3/t10-,11+,12-,13-,14-/m0/s1. The molecular formula is C15H26O2. The minimum atomic E-state index is -0.152. The Labute approximate surface area is 105 Å². The van der Waals surface area contributed by atoms with E-state index < -0.39 is 0 Å². The van der Waals surface area contributed by atoms with E-state index in [1.165, 1.54) is 12.0 Å². The van der Waals surface area contributed by atoms with Gasteiger partial charge in [-0.15, -0.1) is 0 Å². The summed E-state index contributed by atoms with van der Waals surface area (Å²) in [5.41, 5.74) is 1.35. The fraction of sp³-hybridized carbons (Fsp3) is 0.867. The Balaban J connectivity index is 2.14. The summed E-state index contributed by atoms with van der Waals surface area (Å²) in [7, 11) is 0. The summed E-state index contributed by atoms with van der Waals surface area (Å²) >= 11 is 0. The number of rotatable bonds is 1. The van der Waals surface area contributed by atoms with Crippen LogP contribution in [0.3, 0.4) is 0 Å². The predicted molar refractivity (Wildman–Crippen MR) is 69.7 cm³/mol. The van der Waals surface area contributed by atoms with Crippen molar-refractivity contribution in [2.24, 2.45) is 17.8 Å². The van der Waals surface area contributed by atoms with Gasteiger partial charge in [0.05, 0.1) is 11.7 Å². The molecule has 0 aromatic rings. The Morgan fingerprint density at radius 3 is 2.35 bits per heavy atom. The summed E-state index contributed by atoms with van der Waals surface area (Å²) in [5, 5.41) is 0. The fourth-order valence-corrected chi connectivity index (χ4v) is 3.26. The molecule has 17 heavy (non-hydrogen) atoms. The van der Waals surface area contributed by atoms with E-state index in [2.05, 4.69) is 47.6 Å². The van der Waals surface area contributed by atoms with Crippen LogP contribution in [0, 0.1) is 17.8 Å². The van der Waals surface area contributed by atoms with E-state index in [4.69, 9.17) is 9.47 Å². The molecule has 5 atom stereocenters. The first-order chi connectivity index (χ1) is 7.81. The first-order valence-electron chi connectivity index (χ1n) is 6.82. The fourth-order valence-electron chi connectivity index (χ4n) is 3.26. The van der Waals surface area contributed by atoms with E-state index in [1.807, 2.05) is 0 Å². The molecule has 1 saturated heterocycles. The molecule has 0 saturated carbocycles. The van der Waals surface area contributed by atoms with Crippen LogP contribution in [0.5, 0.6) is 0 Å². The Morgan fingerprint density at radius 1 is 1.24 bits per heavy atom. The van der Waals surface area contributed by atoms with Crippen molar-refractivity contribution in [1.82, 2.24) is 0 Å². The summed E-state index contributed by atoms with van der Waals surface area (Å²) in [5.74, 6) is 1.67. The predicted octanol–water partition coefficient (Wildman–Crippen LogP) is 3.76. The second kappa shape index (κ2) is 4.40. The van der Waals surface area contributed by atoms with Gasteiger partial charge in [0.2, 0.25) is 0 Å². The van der Waals surface area contributed by atoms with Gasteiger partial charge >= 0.3 is 0 Å². The molecule has 1 aliphatic heterocycles. The second-order valence-electron chi connectivity index (χ2n) is 6.50. The number of ether oxygens (including phenoxy) is 2. The lowest BCUT2D eigenvalue weighted by Gasteiger charge is -2.36. The zero-order valence-corrected chi connectivity index (χ0v) is 12.0. The highest BCUT2D eigenvalue weighted by molar-refractivity contribution is 5.09. The van der Waals surface area contributed by atoms with E-state index in [0.717, 1.165) is 0 Å². The van der Waals surface area contributed by atoms with Gasteiger partial charge in [-0.1, -0.05) is 25.5 Å².